The number of carbonyl (C=O) groups is 1. The van der Waals surface area contributed by atoms with E-state index in [1.54, 1.807) is 18.2 Å². The zero-order valence-corrected chi connectivity index (χ0v) is 18.9. The van der Waals surface area contributed by atoms with Gasteiger partial charge >= 0.3 is 5.69 Å². The highest BCUT2D eigenvalue weighted by Crippen LogP contribution is 2.34. The number of benzene rings is 1. The van der Waals surface area contributed by atoms with Crippen LogP contribution in [0, 0.1) is 0 Å². The number of imidazole rings is 1. The van der Waals surface area contributed by atoms with E-state index < -0.39 is 17.2 Å². The highest BCUT2D eigenvalue weighted by Gasteiger charge is 2.20. The minimum Gasteiger partial charge on any atom is -0.465 e. The van der Waals surface area contributed by atoms with Crippen molar-refractivity contribution in [1.29, 1.82) is 0 Å². The monoisotopic (exact) mass is 492 g/mol. The van der Waals surface area contributed by atoms with Crippen LogP contribution in [0.3, 0.4) is 0 Å². The van der Waals surface area contributed by atoms with Crippen molar-refractivity contribution in [3.05, 3.63) is 70.4 Å². The fourth-order valence-electron chi connectivity index (χ4n) is 3.62. The number of anilines is 1. The maximum Gasteiger partial charge on any atom is 0.333 e. The first kappa shape index (κ1) is 22.7. The molecule has 1 aliphatic rings. The molecular weight excluding hydrogens is 472 g/mol. The summed E-state index contributed by atoms with van der Waals surface area (Å²) in [4.78, 5) is 45.0. The third-order valence-electron chi connectivity index (χ3n) is 5.21. The summed E-state index contributed by atoms with van der Waals surface area (Å²) in [6.07, 6.45) is 2.97. The van der Waals surface area contributed by atoms with E-state index in [0.29, 0.717) is 17.2 Å². The lowest BCUT2D eigenvalue weighted by molar-refractivity contribution is -0.118. The van der Waals surface area contributed by atoms with Crippen molar-refractivity contribution < 1.29 is 23.5 Å². The van der Waals surface area contributed by atoms with Gasteiger partial charge in [-0.15, -0.1) is 13.2 Å². The van der Waals surface area contributed by atoms with Crippen molar-refractivity contribution in [2.24, 2.45) is 0 Å². The van der Waals surface area contributed by atoms with Gasteiger partial charge in [0.2, 0.25) is 12.6 Å². The molecule has 0 saturated heterocycles. The molecule has 1 amide bonds. The molecule has 1 aliphatic heterocycles. The first-order valence-corrected chi connectivity index (χ1v) is 10.7. The van der Waals surface area contributed by atoms with Crippen molar-refractivity contribution in [1.82, 2.24) is 24.3 Å². The highest BCUT2D eigenvalue weighted by molar-refractivity contribution is 5.92. The van der Waals surface area contributed by atoms with Gasteiger partial charge in [-0.3, -0.25) is 18.7 Å². The number of ether oxygens (including phenoxy) is 3. The van der Waals surface area contributed by atoms with Crippen molar-refractivity contribution in [3.63, 3.8) is 0 Å². The van der Waals surface area contributed by atoms with Gasteiger partial charge in [0.25, 0.3) is 17.3 Å². The molecule has 0 aliphatic carbocycles. The summed E-state index contributed by atoms with van der Waals surface area (Å²) in [6, 6.07) is 6.42. The second kappa shape index (κ2) is 9.29. The number of nitrogens with zero attached hydrogens (tertiary/aromatic N) is 4. The van der Waals surface area contributed by atoms with Crippen LogP contribution in [0.1, 0.15) is 0 Å². The average molecular weight is 492 g/mol. The normalized spacial score (nSPS) is 12.0. The maximum absolute atomic E-state index is 12.8. The van der Waals surface area contributed by atoms with E-state index in [-0.39, 0.29) is 55.1 Å². The summed E-state index contributed by atoms with van der Waals surface area (Å²) in [6.45, 7) is 7.20. The standard InChI is InChI=1S/C23H20N6O7/c1-3-7-28-21-19(22(31)29(8-4-2)23(28)32)25-20(26-21)16-10-18(27-36-16)33-11-17(30)24-13-5-6-14-15(9-13)35-12-34-14/h3-6,9-10H,1-2,7-8,11-12H2,(H,24,30)(H,25,26). The Morgan fingerprint density at radius 3 is 2.72 bits per heavy atom. The maximum atomic E-state index is 12.8. The molecule has 184 valence electrons. The lowest BCUT2D eigenvalue weighted by Crippen LogP contribution is -2.39. The largest absolute Gasteiger partial charge is 0.465 e. The molecule has 3 aromatic heterocycles. The van der Waals surface area contributed by atoms with E-state index in [4.69, 9.17) is 18.7 Å². The van der Waals surface area contributed by atoms with Crippen LogP contribution in [0.4, 0.5) is 5.69 Å². The third-order valence-corrected chi connectivity index (χ3v) is 5.21. The molecule has 0 radical (unpaired) electrons. The van der Waals surface area contributed by atoms with Crippen molar-refractivity contribution in [3.8, 4) is 29.0 Å². The summed E-state index contributed by atoms with van der Waals surface area (Å²) in [5.74, 6) is 1.03. The predicted octanol–water partition coefficient (Wildman–Crippen LogP) is 1.66. The van der Waals surface area contributed by atoms with Crippen LogP contribution >= 0.6 is 0 Å². The molecule has 0 saturated carbocycles. The highest BCUT2D eigenvalue weighted by atomic mass is 16.7. The van der Waals surface area contributed by atoms with Crippen LogP contribution < -0.4 is 30.8 Å². The van der Waals surface area contributed by atoms with Crippen LogP contribution in [0.15, 0.2) is 63.7 Å². The summed E-state index contributed by atoms with van der Waals surface area (Å²) >= 11 is 0. The summed E-state index contributed by atoms with van der Waals surface area (Å²) in [5, 5.41) is 6.46. The fourth-order valence-corrected chi connectivity index (χ4v) is 3.62. The summed E-state index contributed by atoms with van der Waals surface area (Å²) < 4.78 is 23.5. The number of carbonyl (C=O) groups excluding carboxylic acids is 1. The zero-order valence-electron chi connectivity index (χ0n) is 18.9. The Morgan fingerprint density at radius 1 is 1.14 bits per heavy atom. The molecule has 5 rings (SSSR count). The lowest BCUT2D eigenvalue weighted by Gasteiger charge is -2.07. The van der Waals surface area contributed by atoms with Crippen LogP contribution in [-0.2, 0) is 17.9 Å². The summed E-state index contributed by atoms with van der Waals surface area (Å²) in [7, 11) is 0. The quantitative estimate of drug-likeness (QED) is 0.332. The fraction of sp³-hybridized carbons (Fsp3) is 0.174. The van der Waals surface area contributed by atoms with Gasteiger partial charge in [0, 0.05) is 24.8 Å². The number of nitrogens with one attached hydrogen (secondary N) is 2. The van der Waals surface area contributed by atoms with Crippen LogP contribution in [-0.4, -0.2) is 43.6 Å². The van der Waals surface area contributed by atoms with Gasteiger partial charge in [-0.1, -0.05) is 12.2 Å². The minimum atomic E-state index is -0.551. The average Bonchev–Trinajstić information content (AvgIpc) is 3.62. The van der Waals surface area contributed by atoms with E-state index >= 15 is 0 Å². The Bertz CT molecular complexity index is 1610. The molecule has 4 heterocycles. The Morgan fingerprint density at radius 2 is 1.92 bits per heavy atom. The topological polar surface area (TPSA) is 156 Å². The number of hydrogen-bond acceptors (Lipinski definition) is 9. The van der Waals surface area contributed by atoms with Gasteiger partial charge in [-0.25, -0.2) is 9.78 Å². The molecule has 13 nitrogen and oxygen atoms in total. The van der Waals surface area contributed by atoms with E-state index in [1.165, 1.54) is 22.8 Å². The smallest absolute Gasteiger partial charge is 0.333 e. The number of fused-ring (bicyclic) bond motifs is 2. The van der Waals surface area contributed by atoms with Gasteiger partial charge in [0.1, 0.15) is 0 Å². The van der Waals surface area contributed by atoms with Crippen molar-refractivity contribution in [2.75, 3.05) is 18.7 Å². The first-order valence-electron chi connectivity index (χ1n) is 10.7. The molecule has 4 aromatic rings. The van der Waals surface area contributed by atoms with E-state index in [1.807, 2.05) is 0 Å². The number of H-pyrrole nitrogens is 1. The Balaban J connectivity index is 1.33. The van der Waals surface area contributed by atoms with Crippen molar-refractivity contribution in [2.45, 2.75) is 13.1 Å². The number of rotatable bonds is 9. The number of allylic oxidation sites excluding steroid dienone is 2. The molecule has 0 fully saturated rings. The summed E-state index contributed by atoms with van der Waals surface area (Å²) in [5.41, 5.74) is -0.327. The third kappa shape index (κ3) is 4.13. The number of hydrogen-bond donors (Lipinski definition) is 2. The predicted molar refractivity (Wildman–Crippen MR) is 127 cm³/mol. The Hall–Kier alpha value is -5.07. The number of amides is 1. The molecule has 13 heteroatoms. The number of aromatic amines is 1. The lowest BCUT2D eigenvalue weighted by atomic mass is 10.3. The minimum absolute atomic E-state index is 0.0267. The molecule has 36 heavy (non-hydrogen) atoms. The van der Waals surface area contributed by atoms with Gasteiger partial charge in [0.15, 0.2) is 35.1 Å². The molecule has 2 N–H and O–H groups in total. The SMILES string of the molecule is C=CCn1c(=O)c2[nH]c(-c3cc(OCC(=O)Nc4ccc5c(c4)OCO5)no3)nc2n(CC=C)c1=O. The Kier molecular flexibility index (Phi) is 5.86. The molecule has 0 atom stereocenters. The number of aromatic nitrogens is 5. The van der Waals surface area contributed by atoms with Crippen LogP contribution in [0.2, 0.25) is 0 Å². The molecule has 0 bridgehead atoms. The molecular formula is C23H20N6O7. The van der Waals surface area contributed by atoms with E-state index in [0.717, 1.165) is 4.57 Å². The van der Waals surface area contributed by atoms with Gasteiger partial charge in [-0.05, 0) is 17.3 Å². The molecule has 0 spiro atoms. The van der Waals surface area contributed by atoms with Crippen molar-refractivity contribution >= 4 is 22.8 Å². The first-order chi connectivity index (χ1) is 17.5. The van der Waals surface area contributed by atoms with Gasteiger partial charge in [-0.2, -0.15) is 0 Å². The van der Waals surface area contributed by atoms with E-state index in [2.05, 4.69) is 33.6 Å². The van der Waals surface area contributed by atoms with Gasteiger partial charge in [0.05, 0.1) is 6.07 Å². The Labute approximate surface area is 202 Å². The van der Waals surface area contributed by atoms with Crippen LogP contribution in [0.25, 0.3) is 22.7 Å². The van der Waals surface area contributed by atoms with E-state index in [9.17, 15) is 14.4 Å². The zero-order chi connectivity index (χ0) is 25.2. The molecule has 0 unspecified atom stereocenters. The van der Waals surface area contributed by atoms with Crippen LogP contribution in [0.5, 0.6) is 17.4 Å². The molecule has 1 aromatic carbocycles. The second-order valence-corrected chi connectivity index (χ2v) is 7.60. The van der Waals surface area contributed by atoms with Gasteiger partial charge < -0.3 is 29.0 Å². The second-order valence-electron chi connectivity index (χ2n) is 7.60.